The molecule has 0 aliphatic heterocycles. The van der Waals surface area contributed by atoms with Gasteiger partial charge < -0.3 is 14.8 Å². The second kappa shape index (κ2) is 9.03. The molecule has 0 radical (unpaired) electrons. The lowest BCUT2D eigenvalue weighted by Crippen LogP contribution is -2.16. The summed E-state index contributed by atoms with van der Waals surface area (Å²) in [4.78, 5) is 5.62. The average Bonchev–Trinajstić information content (AvgIpc) is 3.15. The van der Waals surface area contributed by atoms with Crippen LogP contribution in [0.2, 0.25) is 5.02 Å². The predicted molar refractivity (Wildman–Crippen MR) is 108 cm³/mol. The Balaban J connectivity index is 1.57. The van der Waals surface area contributed by atoms with Crippen molar-refractivity contribution in [2.24, 2.45) is 0 Å². The standard InChI is InChI=1S/C20H21ClN2O2S/c1-24-17-8-7-15(11-18(17)25-2)19-12-23-20(26-19)13-22-10-9-14-5-3-4-6-16(14)21/h3-8,11-12,22H,9-10,13H2,1-2H3. The molecule has 0 bridgehead atoms. The summed E-state index contributed by atoms with van der Waals surface area (Å²) in [6.07, 6.45) is 2.80. The monoisotopic (exact) mass is 388 g/mol. The largest absolute Gasteiger partial charge is 0.493 e. The maximum atomic E-state index is 6.18. The zero-order valence-corrected chi connectivity index (χ0v) is 16.4. The van der Waals surface area contributed by atoms with Gasteiger partial charge in [0.2, 0.25) is 0 Å². The number of ether oxygens (including phenoxy) is 2. The van der Waals surface area contributed by atoms with Gasteiger partial charge in [0.25, 0.3) is 0 Å². The summed E-state index contributed by atoms with van der Waals surface area (Å²) in [5.41, 5.74) is 2.23. The SMILES string of the molecule is COc1ccc(-c2cnc(CNCCc3ccccc3Cl)s2)cc1OC. The van der Waals surface area contributed by atoms with Crippen molar-refractivity contribution in [3.8, 4) is 21.9 Å². The molecule has 0 amide bonds. The summed E-state index contributed by atoms with van der Waals surface area (Å²) in [6, 6.07) is 13.8. The number of aromatic nitrogens is 1. The topological polar surface area (TPSA) is 43.4 Å². The molecule has 26 heavy (non-hydrogen) atoms. The molecule has 0 aliphatic carbocycles. The number of methoxy groups -OCH3 is 2. The molecule has 3 aromatic rings. The van der Waals surface area contributed by atoms with Crippen LogP contribution < -0.4 is 14.8 Å². The van der Waals surface area contributed by atoms with Gasteiger partial charge in [-0.3, -0.25) is 0 Å². The van der Waals surface area contributed by atoms with Crippen LogP contribution in [0.4, 0.5) is 0 Å². The van der Waals surface area contributed by atoms with Gasteiger partial charge in [-0.1, -0.05) is 29.8 Å². The second-order valence-corrected chi connectivity index (χ2v) is 7.23. The van der Waals surface area contributed by atoms with Crippen LogP contribution in [-0.4, -0.2) is 25.7 Å². The lowest BCUT2D eigenvalue weighted by atomic mass is 10.1. The molecule has 0 spiro atoms. The van der Waals surface area contributed by atoms with Crippen LogP contribution in [0.15, 0.2) is 48.7 Å². The van der Waals surface area contributed by atoms with Gasteiger partial charge in [0, 0.05) is 17.8 Å². The van der Waals surface area contributed by atoms with E-state index in [2.05, 4.69) is 16.4 Å². The third-order valence-electron chi connectivity index (χ3n) is 4.03. The van der Waals surface area contributed by atoms with Gasteiger partial charge in [-0.15, -0.1) is 11.3 Å². The molecule has 0 aliphatic rings. The Labute approximate surface area is 162 Å². The van der Waals surface area contributed by atoms with Crippen molar-refractivity contribution in [1.29, 1.82) is 0 Å². The highest BCUT2D eigenvalue weighted by atomic mass is 35.5. The molecular formula is C20H21ClN2O2S. The molecule has 1 aromatic heterocycles. The Bertz CT molecular complexity index is 867. The molecule has 1 heterocycles. The minimum Gasteiger partial charge on any atom is -0.493 e. The zero-order valence-electron chi connectivity index (χ0n) is 14.8. The molecule has 0 saturated heterocycles. The first kappa shape index (κ1) is 18.7. The summed E-state index contributed by atoms with van der Waals surface area (Å²) in [6.45, 7) is 1.59. The maximum absolute atomic E-state index is 6.18. The van der Waals surface area contributed by atoms with E-state index in [4.69, 9.17) is 21.1 Å². The van der Waals surface area contributed by atoms with Crippen molar-refractivity contribution in [3.63, 3.8) is 0 Å². The van der Waals surface area contributed by atoms with E-state index >= 15 is 0 Å². The van der Waals surface area contributed by atoms with E-state index in [9.17, 15) is 0 Å². The highest BCUT2D eigenvalue weighted by Crippen LogP contribution is 2.34. The Hall–Kier alpha value is -2.08. The van der Waals surface area contributed by atoms with E-state index in [1.807, 2.05) is 42.6 Å². The predicted octanol–water partition coefficient (Wildman–Crippen LogP) is 4.81. The lowest BCUT2D eigenvalue weighted by Gasteiger charge is -2.08. The van der Waals surface area contributed by atoms with E-state index in [-0.39, 0.29) is 0 Å². The summed E-state index contributed by atoms with van der Waals surface area (Å²) in [5, 5.41) is 5.30. The van der Waals surface area contributed by atoms with E-state index in [0.717, 1.165) is 57.0 Å². The van der Waals surface area contributed by atoms with E-state index in [1.54, 1.807) is 25.6 Å². The van der Waals surface area contributed by atoms with Gasteiger partial charge >= 0.3 is 0 Å². The van der Waals surface area contributed by atoms with Gasteiger partial charge in [0.05, 0.1) is 19.1 Å². The van der Waals surface area contributed by atoms with E-state index in [0.29, 0.717) is 0 Å². The minimum atomic E-state index is 0.720. The highest BCUT2D eigenvalue weighted by molar-refractivity contribution is 7.15. The lowest BCUT2D eigenvalue weighted by molar-refractivity contribution is 0.355. The fraction of sp³-hybridized carbons (Fsp3) is 0.250. The molecule has 136 valence electrons. The smallest absolute Gasteiger partial charge is 0.161 e. The van der Waals surface area contributed by atoms with Gasteiger partial charge in [-0.25, -0.2) is 4.98 Å². The number of nitrogens with one attached hydrogen (secondary N) is 1. The third-order valence-corrected chi connectivity index (χ3v) is 5.44. The summed E-state index contributed by atoms with van der Waals surface area (Å²) >= 11 is 7.85. The number of nitrogens with zero attached hydrogens (tertiary/aromatic N) is 1. The fourth-order valence-electron chi connectivity index (χ4n) is 2.63. The molecule has 4 nitrogen and oxygen atoms in total. The molecule has 1 N–H and O–H groups in total. The maximum Gasteiger partial charge on any atom is 0.161 e. The van der Waals surface area contributed by atoms with Crippen LogP contribution in [-0.2, 0) is 13.0 Å². The Kier molecular flexibility index (Phi) is 6.50. The molecule has 0 unspecified atom stereocenters. The Morgan fingerprint density at radius 2 is 1.88 bits per heavy atom. The van der Waals surface area contributed by atoms with Crippen molar-refractivity contribution in [3.05, 3.63) is 64.3 Å². The number of halogens is 1. The highest BCUT2D eigenvalue weighted by Gasteiger charge is 2.09. The fourth-order valence-corrected chi connectivity index (χ4v) is 3.75. The van der Waals surface area contributed by atoms with Crippen molar-refractivity contribution < 1.29 is 9.47 Å². The van der Waals surface area contributed by atoms with Crippen LogP contribution >= 0.6 is 22.9 Å². The van der Waals surface area contributed by atoms with Gasteiger partial charge in [0.1, 0.15) is 5.01 Å². The first-order chi connectivity index (χ1) is 12.7. The first-order valence-corrected chi connectivity index (χ1v) is 9.52. The molecule has 0 fully saturated rings. The van der Waals surface area contributed by atoms with Gasteiger partial charge in [-0.2, -0.15) is 0 Å². The molecule has 2 aromatic carbocycles. The normalized spacial score (nSPS) is 10.7. The summed E-state index contributed by atoms with van der Waals surface area (Å²) < 4.78 is 10.7. The molecule has 0 saturated carbocycles. The molecule has 0 atom stereocenters. The van der Waals surface area contributed by atoms with Gasteiger partial charge in [-0.05, 0) is 48.4 Å². The minimum absolute atomic E-state index is 0.720. The van der Waals surface area contributed by atoms with Crippen LogP contribution in [0.5, 0.6) is 11.5 Å². The van der Waals surface area contributed by atoms with Crippen LogP contribution in [0, 0.1) is 0 Å². The number of thiazole rings is 1. The number of rotatable bonds is 8. The van der Waals surface area contributed by atoms with Crippen LogP contribution in [0.3, 0.4) is 0 Å². The average molecular weight is 389 g/mol. The first-order valence-electron chi connectivity index (χ1n) is 8.32. The van der Waals surface area contributed by atoms with Crippen LogP contribution in [0.1, 0.15) is 10.6 Å². The van der Waals surface area contributed by atoms with Crippen molar-refractivity contribution in [1.82, 2.24) is 10.3 Å². The number of benzene rings is 2. The van der Waals surface area contributed by atoms with Crippen molar-refractivity contribution in [2.45, 2.75) is 13.0 Å². The van der Waals surface area contributed by atoms with Gasteiger partial charge in [0.15, 0.2) is 11.5 Å². The quantitative estimate of drug-likeness (QED) is 0.562. The Morgan fingerprint density at radius 3 is 2.65 bits per heavy atom. The molecule has 3 rings (SSSR count). The summed E-state index contributed by atoms with van der Waals surface area (Å²) in [7, 11) is 3.28. The third kappa shape index (κ3) is 4.55. The van der Waals surface area contributed by atoms with Crippen LogP contribution in [0.25, 0.3) is 10.4 Å². The second-order valence-electron chi connectivity index (χ2n) is 5.71. The zero-order chi connectivity index (χ0) is 18.4. The number of hydrogen-bond acceptors (Lipinski definition) is 5. The summed E-state index contributed by atoms with van der Waals surface area (Å²) in [5.74, 6) is 1.44. The van der Waals surface area contributed by atoms with E-state index < -0.39 is 0 Å². The molecule has 6 heteroatoms. The van der Waals surface area contributed by atoms with E-state index in [1.165, 1.54) is 0 Å². The Morgan fingerprint density at radius 1 is 1.08 bits per heavy atom. The van der Waals surface area contributed by atoms with Crippen molar-refractivity contribution in [2.75, 3.05) is 20.8 Å². The molecular weight excluding hydrogens is 368 g/mol. The van der Waals surface area contributed by atoms with Crippen molar-refractivity contribution >= 4 is 22.9 Å². The number of hydrogen-bond donors (Lipinski definition) is 1.